The second-order valence-corrected chi connectivity index (χ2v) is 6.61. The summed E-state index contributed by atoms with van der Waals surface area (Å²) in [5, 5.41) is 5.77. The van der Waals surface area contributed by atoms with E-state index < -0.39 is 0 Å². The number of aromatic nitrogens is 1. The van der Waals surface area contributed by atoms with Gasteiger partial charge in [-0.2, -0.15) is 0 Å². The summed E-state index contributed by atoms with van der Waals surface area (Å²) in [4.78, 5) is 5.42. The Morgan fingerprint density at radius 3 is 2.70 bits per heavy atom. The number of halogens is 2. The number of hydrogen-bond donors (Lipinski definition) is 1. The minimum atomic E-state index is 0.655. The average molecular weight is 325 g/mol. The largest absolute Gasteiger partial charge is 0.310 e. The van der Waals surface area contributed by atoms with Crippen LogP contribution in [0.1, 0.15) is 18.4 Å². The maximum atomic E-state index is 6.33. The predicted molar refractivity (Wildman–Crippen MR) is 84.7 cm³/mol. The van der Waals surface area contributed by atoms with Crippen molar-refractivity contribution in [3.63, 3.8) is 0 Å². The monoisotopic (exact) mass is 324 g/mol. The maximum absolute atomic E-state index is 6.33. The van der Waals surface area contributed by atoms with E-state index in [-0.39, 0.29) is 0 Å². The van der Waals surface area contributed by atoms with Crippen LogP contribution in [0.4, 0.5) is 0 Å². The van der Waals surface area contributed by atoms with Gasteiger partial charge in [-0.3, -0.25) is 0 Å². The lowest BCUT2D eigenvalue weighted by atomic mass is 10.2. The molecule has 3 rings (SSSR count). The molecule has 5 heteroatoms. The number of benzene rings is 1. The van der Waals surface area contributed by atoms with Crippen LogP contribution in [0.3, 0.4) is 0 Å². The molecule has 1 aliphatic carbocycles. The van der Waals surface area contributed by atoms with Gasteiger partial charge in [0.2, 0.25) is 0 Å². The third kappa shape index (κ3) is 3.47. The van der Waals surface area contributed by atoms with E-state index in [1.165, 1.54) is 12.8 Å². The molecule has 1 aromatic heterocycles. The number of pyridine rings is 1. The summed E-state index contributed by atoms with van der Waals surface area (Å²) in [6.45, 7) is 0.789. The first-order valence-corrected chi connectivity index (χ1v) is 8.10. The van der Waals surface area contributed by atoms with E-state index >= 15 is 0 Å². The molecule has 1 N–H and O–H groups in total. The molecule has 1 aromatic carbocycles. The molecule has 0 bridgehead atoms. The molecule has 1 heterocycles. The highest BCUT2D eigenvalue weighted by Gasteiger charge is 2.21. The summed E-state index contributed by atoms with van der Waals surface area (Å²) in [5.74, 6) is 0. The number of rotatable bonds is 5. The van der Waals surface area contributed by atoms with E-state index in [1.807, 2.05) is 24.3 Å². The quantitative estimate of drug-likeness (QED) is 0.855. The van der Waals surface area contributed by atoms with Crippen molar-refractivity contribution in [2.45, 2.75) is 35.3 Å². The first-order valence-electron chi connectivity index (χ1n) is 6.53. The number of nitrogens with one attached hydrogen (secondary N) is 1. The van der Waals surface area contributed by atoms with E-state index in [0.717, 1.165) is 27.1 Å². The Labute approximate surface area is 132 Å². The van der Waals surface area contributed by atoms with E-state index in [1.54, 1.807) is 18.0 Å². The van der Waals surface area contributed by atoms with Gasteiger partial charge in [0.15, 0.2) is 0 Å². The Kier molecular flexibility index (Phi) is 4.51. The van der Waals surface area contributed by atoms with Gasteiger partial charge >= 0.3 is 0 Å². The SMILES string of the molecule is Clc1cccnc1Sc1cccc(Cl)c1CNC1CC1. The summed E-state index contributed by atoms with van der Waals surface area (Å²) < 4.78 is 0. The fourth-order valence-electron chi connectivity index (χ4n) is 1.89. The van der Waals surface area contributed by atoms with Crippen molar-refractivity contribution in [1.82, 2.24) is 10.3 Å². The summed E-state index contributed by atoms with van der Waals surface area (Å²) in [7, 11) is 0. The fourth-order valence-corrected chi connectivity index (χ4v) is 3.36. The lowest BCUT2D eigenvalue weighted by Crippen LogP contribution is -2.16. The van der Waals surface area contributed by atoms with Gasteiger partial charge in [-0.25, -0.2) is 4.98 Å². The molecule has 0 saturated heterocycles. The van der Waals surface area contributed by atoms with Crippen LogP contribution in [-0.2, 0) is 6.54 Å². The molecule has 0 spiro atoms. The van der Waals surface area contributed by atoms with Gasteiger partial charge in [0.25, 0.3) is 0 Å². The zero-order valence-corrected chi connectivity index (χ0v) is 13.1. The van der Waals surface area contributed by atoms with Crippen LogP contribution in [0.15, 0.2) is 46.5 Å². The second kappa shape index (κ2) is 6.35. The Hall–Kier alpha value is -0.740. The Morgan fingerprint density at radius 1 is 1.15 bits per heavy atom. The second-order valence-electron chi connectivity index (χ2n) is 4.76. The topological polar surface area (TPSA) is 24.9 Å². The third-order valence-corrected chi connectivity index (χ3v) is 5.04. The average Bonchev–Trinajstić information content (AvgIpc) is 3.25. The molecule has 2 aromatic rings. The predicted octanol–water partition coefficient (Wildman–Crippen LogP) is 4.79. The van der Waals surface area contributed by atoms with Gasteiger partial charge < -0.3 is 5.32 Å². The molecule has 20 heavy (non-hydrogen) atoms. The van der Waals surface area contributed by atoms with Crippen molar-refractivity contribution in [2.75, 3.05) is 0 Å². The molecular formula is C15H14Cl2N2S. The minimum Gasteiger partial charge on any atom is -0.310 e. The molecule has 0 amide bonds. The Morgan fingerprint density at radius 2 is 1.95 bits per heavy atom. The zero-order valence-electron chi connectivity index (χ0n) is 10.8. The normalized spacial score (nSPS) is 14.5. The Balaban J connectivity index is 1.84. The molecular weight excluding hydrogens is 311 g/mol. The van der Waals surface area contributed by atoms with Crippen molar-refractivity contribution < 1.29 is 0 Å². The van der Waals surface area contributed by atoms with Gasteiger partial charge in [-0.05, 0) is 42.7 Å². The first kappa shape index (κ1) is 14.2. The van der Waals surface area contributed by atoms with E-state index in [0.29, 0.717) is 11.1 Å². The van der Waals surface area contributed by atoms with Crippen LogP contribution in [0.25, 0.3) is 0 Å². The standard InChI is InChI=1S/C15H14Cl2N2S/c16-12-3-1-5-14(11(12)9-19-10-6-7-10)20-15-13(17)4-2-8-18-15/h1-5,8,10,19H,6-7,9H2. The van der Waals surface area contributed by atoms with Gasteiger partial charge in [-0.15, -0.1) is 0 Å². The van der Waals surface area contributed by atoms with Gasteiger partial charge in [0, 0.05) is 28.7 Å². The van der Waals surface area contributed by atoms with Crippen LogP contribution in [0, 0.1) is 0 Å². The number of nitrogens with zero attached hydrogens (tertiary/aromatic N) is 1. The highest BCUT2D eigenvalue weighted by Crippen LogP contribution is 2.36. The lowest BCUT2D eigenvalue weighted by molar-refractivity contribution is 0.680. The molecule has 2 nitrogen and oxygen atoms in total. The molecule has 1 aliphatic rings. The van der Waals surface area contributed by atoms with Crippen LogP contribution < -0.4 is 5.32 Å². The maximum Gasteiger partial charge on any atom is 0.119 e. The third-order valence-electron chi connectivity index (χ3n) is 3.15. The minimum absolute atomic E-state index is 0.655. The van der Waals surface area contributed by atoms with E-state index in [2.05, 4.69) is 16.4 Å². The summed E-state index contributed by atoms with van der Waals surface area (Å²) >= 11 is 14.1. The highest BCUT2D eigenvalue weighted by molar-refractivity contribution is 7.99. The van der Waals surface area contributed by atoms with Gasteiger partial charge in [0.1, 0.15) is 5.03 Å². The molecule has 1 fully saturated rings. The van der Waals surface area contributed by atoms with Crippen molar-refractivity contribution in [3.8, 4) is 0 Å². The van der Waals surface area contributed by atoms with Crippen LogP contribution in [0.5, 0.6) is 0 Å². The smallest absolute Gasteiger partial charge is 0.119 e. The van der Waals surface area contributed by atoms with E-state index in [9.17, 15) is 0 Å². The summed E-state index contributed by atoms with van der Waals surface area (Å²) in [5.41, 5.74) is 1.12. The van der Waals surface area contributed by atoms with Crippen molar-refractivity contribution >= 4 is 35.0 Å². The molecule has 104 valence electrons. The number of hydrogen-bond acceptors (Lipinski definition) is 3. The fraction of sp³-hybridized carbons (Fsp3) is 0.267. The molecule has 0 radical (unpaired) electrons. The molecule has 1 saturated carbocycles. The molecule has 0 unspecified atom stereocenters. The molecule has 0 atom stereocenters. The van der Waals surface area contributed by atoms with Crippen molar-refractivity contribution in [2.24, 2.45) is 0 Å². The van der Waals surface area contributed by atoms with Crippen LogP contribution in [0.2, 0.25) is 10.0 Å². The Bertz CT molecular complexity index is 615. The summed E-state index contributed by atoms with van der Waals surface area (Å²) in [6, 6.07) is 10.3. The lowest BCUT2D eigenvalue weighted by Gasteiger charge is -2.12. The van der Waals surface area contributed by atoms with Crippen LogP contribution >= 0.6 is 35.0 Å². The van der Waals surface area contributed by atoms with Crippen LogP contribution in [-0.4, -0.2) is 11.0 Å². The van der Waals surface area contributed by atoms with Gasteiger partial charge in [0.05, 0.1) is 5.02 Å². The zero-order chi connectivity index (χ0) is 13.9. The highest BCUT2D eigenvalue weighted by atomic mass is 35.5. The summed E-state index contributed by atoms with van der Waals surface area (Å²) in [6.07, 6.45) is 4.28. The van der Waals surface area contributed by atoms with Gasteiger partial charge in [-0.1, -0.05) is 41.0 Å². The van der Waals surface area contributed by atoms with Crippen molar-refractivity contribution in [3.05, 3.63) is 52.1 Å². The molecule has 0 aliphatic heterocycles. The van der Waals surface area contributed by atoms with Crippen molar-refractivity contribution in [1.29, 1.82) is 0 Å². The van der Waals surface area contributed by atoms with E-state index in [4.69, 9.17) is 23.2 Å². The first-order chi connectivity index (χ1) is 9.74.